The standard InChI is InChI=1S/C19H23N3O3S/c1-14(23)21-16-7-8-22(11-16)19(24)20-10-18-9-15(13-26-18)12-25-17-5-3-2-4-6-17/h2-6,9,13,16H,7-8,10-12H2,1H3,(H,20,24)(H,21,23)/t16-/m1/s1. The average molecular weight is 373 g/mol. The molecular formula is C19H23N3O3S. The van der Waals surface area contributed by atoms with Gasteiger partial charge in [-0.2, -0.15) is 0 Å². The second-order valence-corrected chi connectivity index (χ2v) is 7.31. The maximum atomic E-state index is 12.2. The first kappa shape index (κ1) is 18.3. The maximum Gasteiger partial charge on any atom is 0.317 e. The van der Waals surface area contributed by atoms with Gasteiger partial charge in [0.05, 0.1) is 6.54 Å². The Hall–Kier alpha value is -2.54. The zero-order valence-corrected chi connectivity index (χ0v) is 15.6. The van der Waals surface area contributed by atoms with Crippen LogP contribution in [0.25, 0.3) is 0 Å². The Balaban J connectivity index is 1.42. The number of urea groups is 1. The number of hydrogen-bond donors (Lipinski definition) is 2. The largest absolute Gasteiger partial charge is 0.489 e. The number of nitrogens with zero attached hydrogens (tertiary/aromatic N) is 1. The molecule has 7 heteroatoms. The Morgan fingerprint density at radius 1 is 1.31 bits per heavy atom. The van der Waals surface area contributed by atoms with Crippen molar-refractivity contribution < 1.29 is 14.3 Å². The van der Waals surface area contributed by atoms with Gasteiger partial charge in [0.15, 0.2) is 0 Å². The van der Waals surface area contributed by atoms with Gasteiger partial charge in [-0.15, -0.1) is 11.3 Å². The molecule has 0 saturated carbocycles. The van der Waals surface area contributed by atoms with Crippen LogP contribution in [0.15, 0.2) is 41.8 Å². The summed E-state index contributed by atoms with van der Waals surface area (Å²) < 4.78 is 5.73. The van der Waals surface area contributed by atoms with Crippen molar-refractivity contribution in [2.45, 2.75) is 32.5 Å². The molecule has 138 valence electrons. The van der Waals surface area contributed by atoms with E-state index < -0.39 is 0 Å². The van der Waals surface area contributed by atoms with Gasteiger partial charge in [-0.1, -0.05) is 18.2 Å². The van der Waals surface area contributed by atoms with Crippen molar-refractivity contribution in [2.24, 2.45) is 0 Å². The smallest absolute Gasteiger partial charge is 0.317 e. The number of nitrogens with one attached hydrogen (secondary N) is 2. The number of thiophene rings is 1. The number of para-hydroxylation sites is 1. The highest BCUT2D eigenvalue weighted by Gasteiger charge is 2.26. The van der Waals surface area contributed by atoms with Crippen LogP contribution in [0.3, 0.4) is 0 Å². The van der Waals surface area contributed by atoms with Crippen LogP contribution in [-0.2, 0) is 17.9 Å². The van der Waals surface area contributed by atoms with Crippen LogP contribution in [0, 0.1) is 0 Å². The summed E-state index contributed by atoms with van der Waals surface area (Å²) in [4.78, 5) is 26.2. The molecule has 0 unspecified atom stereocenters. The van der Waals surface area contributed by atoms with Gasteiger partial charge in [0.25, 0.3) is 0 Å². The lowest BCUT2D eigenvalue weighted by atomic mass is 10.3. The van der Waals surface area contributed by atoms with Gasteiger partial charge < -0.3 is 20.3 Å². The highest BCUT2D eigenvalue weighted by molar-refractivity contribution is 7.10. The van der Waals surface area contributed by atoms with E-state index in [1.54, 1.807) is 16.2 Å². The van der Waals surface area contributed by atoms with Gasteiger partial charge >= 0.3 is 6.03 Å². The summed E-state index contributed by atoms with van der Waals surface area (Å²) in [5, 5.41) is 7.85. The van der Waals surface area contributed by atoms with Crippen LogP contribution >= 0.6 is 11.3 Å². The second kappa shape index (κ2) is 8.71. The normalized spacial score (nSPS) is 16.3. The lowest BCUT2D eigenvalue weighted by Gasteiger charge is -2.17. The van der Waals surface area contributed by atoms with Gasteiger partial charge in [-0.25, -0.2) is 4.79 Å². The minimum Gasteiger partial charge on any atom is -0.489 e. The molecule has 2 aromatic rings. The molecule has 1 aliphatic heterocycles. The number of ether oxygens (including phenoxy) is 1. The molecule has 26 heavy (non-hydrogen) atoms. The van der Waals surface area contributed by atoms with E-state index in [0.29, 0.717) is 26.2 Å². The van der Waals surface area contributed by atoms with Crippen molar-refractivity contribution in [3.63, 3.8) is 0 Å². The Labute approximate surface area is 157 Å². The molecule has 1 saturated heterocycles. The summed E-state index contributed by atoms with van der Waals surface area (Å²) in [6, 6.07) is 11.7. The van der Waals surface area contributed by atoms with E-state index in [1.807, 2.05) is 35.7 Å². The molecule has 0 spiro atoms. The minimum atomic E-state index is -0.0895. The fraction of sp³-hybridized carbons (Fsp3) is 0.368. The lowest BCUT2D eigenvalue weighted by molar-refractivity contribution is -0.119. The molecule has 2 N–H and O–H groups in total. The summed E-state index contributed by atoms with van der Waals surface area (Å²) in [7, 11) is 0. The quantitative estimate of drug-likeness (QED) is 0.818. The topological polar surface area (TPSA) is 70.7 Å². The zero-order valence-electron chi connectivity index (χ0n) is 14.7. The monoisotopic (exact) mass is 373 g/mol. The number of likely N-dealkylation sites (tertiary alicyclic amines) is 1. The third-order valence-electron chi connectivity index (χ3n) is 4.15. The van der Waals surface area contributed by atoms with Gasteiger partial charge in [0.2, 0.25) is 5.91 Å². The number of benzene rings is 1. The molecule has 1 aromatic carbocycles. The van der Waals surface area contributed by atoms with Crippen molar-refractivity contribution in [2.75, 3.05) is 13.1 Å². The Bertz CT molecular complexity index is 747. The molecule has 1 fully saturated rings. The molecule has 0 radical (unpaired) electrons. The van der Waals surface area contributed by atoms with E-state index in [4.69, 9.17) is 4.74 Å². The lowest BCUT2D eigenvalue weighted by Crippen LogP contribution is -2.41. The SMILES string of the molecule is CC(=O)N[C@@H]1CCN(C(=O)NCc2cc(COc3ccccc3)cs2)C1. The molecule has 1 aliphatic rings. The van der Waals surface area contributed by atoms with E-state index in [-0.39, 0.29) is 18.0 Å². The van der Waals surface area contributed by atoms with Gasteiger partial charge in [-0.3, -0.25) is 4.79 Å². The number of amides is 3. The summed E-state index contributed by atoms with van der Waals surface area (Å²) in [6.07, 6.45) is 0.799. The maximum absolute atomic E-state index is 12.2. The number of carbonyl (C=O) groups excluding carboxylic acids is 2. The van der Waals surface area contributed by atoms with E-state index >= 15 is 0 Å². The molecular weight excluding hydrogens is 350 g/mol. The number of carbonyl (C=O) groups is 2. The van der Waals surface area contributed by atoms with Gasteiger partial charge in [0.1, 0.15) is 12.4 Å². The predicted octanol–water partition coefficient (Wildman–Crippen LogP) is 2.75. The average Bonchev–Trinajstić information content (AvgIpc) is 3.28. The summed E-state index contributed by atoms with van der Waals surface area (Å²) >= 11 is 1.61. The van der Waals surface area contributed by atoms with Gasteiger partial charge in [-0.05, 0) is 30.0 Å². The fourth-order valence-corrected chi connectivity index (χ4v) is 3.72. The molecule has 6 nitrogen and oxygen atoms in total. The highest BCUT2D eigenvalue weighted by atomic mass is 32.1. The first-order valence-electron chi connectivity index (χ1n) is 8.64. The van der Waals surface area contributed by atoms with Crippen molar-refractivity contribution in [1.29, 1.82) is 0 Å². The summed E-state index contributed by atoms with van der Waals surface area (Å²) in [5.74, 6) is 0.789. The zero-order chi connectivity index (χ0) is 18.4. The van der Waals surface area contributed by atoms with Gasteiger partial charge in [0, 0.05) is 36.5 Å². The fourth-order valence-electron chi connectivity index (χ4n) is 2.90. The predicted molar refractivity (Wildman–Crippen MR) is 101 cm³/mol. The summed E-state index contributed by atoms with van der Waals surface area (Å²) in [5.41, 5.74) is 1.09. The second-order valence-electron chi connectivity index (χ2n) is 6.31. The van der Waals surface area contributed by atoms with Crippen LogP contribution in [0.1, 0.15) is 23.8 Å². The summed E-state index contributed by atoms with van der Waals surface area (Å²) in [6.45, 7) is 3.73. The molecule has 0 aliphatic carbocycles. The van der Waals surface area contributed by atoms with Crippen LogP contribution in [-0.4, -0.2) is 36.0 Å². The third kappa shape index (κ3) is 5.23. The van der Waals surface area contributed by atoms with Crippen molar-refractivity contribution >= 4 is 23.3 Å². The molecule has 3 rings (SSSR count). The van der Waals surface area contributed by atoms with Crippen LogP contribution in [0.5, 0.6) is 5.75 Å². The van der Waals surface area contributed by atoms with Crippen LogP contribution < -0.4 is 15.4 Å². The molecule has 1 aromatic heterocycles. The van der Waals surface area contributed by atoms with Crippen LogP contribution in [0.4, 0.5) is 4.79 Å². The van der Waals surface area contributed by atoms with Crippen LogP contribution in [0.2, 0.25) is 0 Å². The Kier molecular flexibility index (Phi) is 6.12. The molecule has 2 heterocycles. The third-order valence-corrected chi connectivity index (χ3v) is 5.14. The van der Waals surface area contributed by atoms with Crippen molar-refractivity contribution in [3.05, 3.63) is 52.2 Å². The first-order chi connectivity index (χ1) is 12.6. The molecule has 1 atom stereocenters. The van der Waals surface area contributed by atoms with E-state index in [2.05, 4.69) is 16.7 Å². The number of rotatable bonds is 6. The minimum absolute atomic E-state index is 0.0545. The highest BCUT2D eigenvalue weighted by Crippen LogP contribution is 2.18. The van der Waals surface area contributed by atoms with Crippen molar-refractivity contribution in [3.8, 4) is 5.75 Å². The van der Waals surface area contributed by atoms with Crippen molar-refractivity contribution in [1.82, 2.24) is 15.5 Å². The van der Waals surface area contributed by atoms with E-state index in [1.165, 1.54) is 6.92 Å². The molecule has 0 bridgehead atoms. The Morgan fingerprint density at radius 3 is 2.88 bits per heavy atom. The number of hydrogen-bond acceptors (Lipinski definition) is 4. The van der Waals surface area contributed by atoms with E-state index in [9.17, 15) is 9.59 Å². The Morgan fingerprint density at radius 2 is 2.12 bits per heavy atom. The molecule has 3 amide bonds. The van der Waals surface area contributed by atoms with E-state index in [0.717, 1.165) is 22.6 Å². The first-order valence-corrected chi connectivity index (χ1v) is 9.52.